The van der Waals surface area contributed by atoms with E-state index >= 15 is 0 Å². The number of hydrogen-bond acceptors (Lipinski definition) is 4. The molecule has 0 aliphatic carbocycles. The Kier molecular flexibility index (Phi) is 5.81. The number of nitrogens with one attached hydrogen (secondary N) is 1. The summed E-state index contributed by atoms with van der Waals surface area (Å²) in [5.74, 6) is 4.79. The first-order chi connectivity index (χ1) is 10.2. The molecular weight excluding hydrogens is 284 g/mol. The average molecular weight is 304 g/mol. The second kappa shape index (κ2) is 7.36. The van der Waals surface area contributed by atoms with Crippen LogP contribution in [-0.2, 0) is 4.74 Å². The van der Waals surface area contributed by atoms with E-state index in [1.165, 1.54) is 12.1 Å². The number of aromatic hydroxyl groups is 1. The van der Waals surface area contributed by atoms with Crippen LogP contribution in [0.5, 0.6) is 5.75 Å². The molecule has 0 aliphatic rings. The molecule has 0 spiro atoms. The van der Waals surface area contributed by atoms with E-state index in [0.717, 1.165) is 0 Å². The van der Waals surface area contributed by atoms with E-state index in [9.17, 15) is 14.7 Å². The monoisotopic (exact) mass is 304 g/mol. The van der Waals surface area contributed by atoms with Crippen LogP contribution in [-0.4, -0.2) is 29.3 Å². The Morgan fingerprint density at radius 3 is 2.64 bits per heavy atom. The highest BCUT2D eigenvalue weighted by atomic mass is 16.6. The van der Waals surface area contributed by atoms with Gasteiger partial charge in [-0.1, -0.05) is 11.8 Å². The second-order valence-electron chi connectivity index (χ2n) is 5.58. The van der Waals surface area contributed by atoms with Crippen LogP contribution in [0.25, 0.3) is 0 Å². The largest absolute Gasteiger partial charge is 0.507 e. The number of primary amides is 1. The van der Waals surface area contributed by atoms with E-state index < -0.39 is 17.6 Å². The zero-order valence-corrected chi connectivity index (χ0v) is 12.9. The van der Waals surface area contributed by atoms with Gasteiger partial charge in [0.05, 0.1) is 5.56 Å². The number of hydrogen-bond donors (Lipinski definition) is 3. The van der Waals surface area contributed by atoms with E-state index in [4.69, 9.17) is 10.5 Å². The van der Waals surface area contributed by atoms with Crippen LogP contribution in [0, 0.1) is 11.8 Å². The predicted molar refractivity (Wildman–Crippen MR) is 82.4 cm³/mol. The Bertz CT molecular complexity index is 621. The van der Waals surface area contributed by atoms with Gasteiger partial charge in [-0.25, -0.2) is 4.79 Å². The smallest absolute Gasteiger partial charge is 0.407 e. The van der Waals surface area contributed by atoms with Gasteiger partial charge in [-0.3, -0.25) is 4.79 Å². The number of rotatable bonds is 3. The molecular formula is C16H20N2O4. The lowest BCUT2D eigenvalue weighted by molar-refractivity contribution is 0.0529. The Hall–Kier alpha value is -2.68. The Morgan fingerprint density at radius 2 is 2.05 bits per heavy atom. The summed E-state index contributed by atoms with van der Waals surface area (Å²) in [6, 6.07) is 4.37. The van der Waals surface area contributed by atoms with Gasteiger partial charge >= 0.3 is 6.09 Å². The van der Waals surface area contributed by atoms with Crippen LogP contribution < -0.4 is 11.1 Å². The number of phenols is 1. The van der Waals surface area contributed by atoms with Crippen molar-refractivity contribution in [2.45, 2.75) is 32.8 Å². The summed E-state index contributed by atoms with van der Waals surface area (Å²) in [7, 11) is 0. The molecule has 6 heteroatoms. The van der Waals surface area contributed by atoms with E-state index in [2.05, 4.69) is 17.2 Å². The highest BCUT2D eigenvalue weighted by Gasteiger charge is 2.15. The summed E-state index contributed by atoms with van der Waals surface area (Å²) in [5, 5.41) is 12.0. The second-order valence-corrected chi connectivity index (χ2v) is 5.58. The quantitative estimate of drug-likeness (QED) is 0.585. The number of alkyl carbamates (subject to hydrolysis) is 1. The van der Waals surface area contributed by atoms with Crippen molar-refractivity contribution in [3.63, 3.8) is 0 Å². The molecule has 1 rings (SSSR count). The molecule has 0 saturated heterocycles. The molecule has 0 fully saturated rings. The van der Waals surface area contributed by atoms with Gasteiger partial charge in [-0.2, -0.15) is 0 Å². The SMILES string of the molecule is CC(C)(C)OC(=O)NCCC#Cc1ccc(O)c(C(N)=O)c1. The molecule has 22 heavy (non-hydrogen) atoms. The van der Waals surface area contributed by atoms with Gasteiger partial charge in [0.2, 0.25) is 0 Å². The summed E-state index contributed by atoms with van der Waals surface area (Å²) in [6.07, 6.45) is -0.0681. The van der Waals surface area contributed by atoms with Crippen molar-refractivity contribution < 1.29 is 19.4 Å². The molecule has 4 N–H and O–H groups in total. The lowest BCUT2D eigenvalue weighted by atomic mass is 10.1. The van der Waals surface area contributed by atoms with E-state index in [-0.39, 0.29) is 11.3 Å². The topological polar surface area (TPSA) is 102 Å². The molecule has 2 amide bonds. The number of ether oxygens (including phenoxy) is 1. The van der Waals surface area contributed by atoms with Crippen molar-refractivity contribution >= 4 is 12.0 Å². The lowest BCUT2D eigenvalue weighted by Gasteiger charge is -2.19. The number of amides is 2. The number of carbonyl (C=O) groups is 2. The van der Waals surface area contributed by atoms with Gasteiger partial charge in [0.1, 0.15) is 11.4 Å². The minimum absolute atomic E-state index is 0.0266. The van der Waals surface area contributed by atoms with Crippen molar-refractivity contribution in [1.29, 1.82) is 0 Å². The van der Waals surface area contributed by atoms with Gasteiger partial charge in [-0.05, 0) is 39.0 Å². The minimum atomic E-state index is -0.715. The van der Waals surface area contributed by atoms with Crippen LogP contribution in [0.15, 0.2) is 18.2 Å². The summed E-state index contributed by atoms with van der Waals surface area (Å²) >= 11 is 0. The molecule has 0 aliphatic heterocycles. The molecule has 118 valence electrons. The molecule has 1 aromatic carbocycles. The first kappa shape index (κ1) is 17.4. The third-order valence-electron chi connectivity index (χ3n) is 2.41. The van der Waals surface area contributed by atoms with Gasteiger partial charge in [0, 0.05) is 18.5 Å². The van der Waals surface area contributed by atoms with Gasteiger partial charge in [0.15, 0.2) is 0 Å². The predicted octanol–water partition coefficient (Wildman–Crippen LogP) is 1.76. The lowest BCUT2D eigenvalue weighted by Crippen LogP contribution is -2.32. The summed E-state index contributed by atoms with van der Waals surface area (Å²) in [4.78, 5) is 22.5. The Morgan fingerprint density at radius 1 is 1.36 bits per heavy atom. The van der Waals surface area contributed by atoms with Crippen LogP contribution in [0.4, 0.5) is 4.79 Å². The maximum Gasteiger partial charge on any atom is 0.407 e. The highest BCUT2D eigenvalue weighted by Crippen LogP contribution is 2.17. The fourth-order valence-electron chi connectivity index (χ4n) is 1.52. The van der Waals surface area contributed by atoms with Crippen LogP contribution >= 0.6 is 0 Å². The standard InChI is InChI=1S/C16H20N2O4/c1-16(2,3)22-15(21)18-9-5-4-6-11-7-8-13(19)12(10-11)14(17)20/h7-8,10,19H,5,9H2,1-3H3,(H2,17,20)(H,18,21). The zero-order valence-electron chi connectivity index (χ0n) is 12.9. The molecule has 1 aromatic rings. The summed E-state index contributed by atoms with van der Waals surface area (Å²) in [6.45, 7) is 5.71. The first-order valence-corrected chi connectivity index (χ1v) is 6.77. The minimum Gasteiger partial charge on any atom is -0.507 e. The molecule has 0 heterocycles. The van der Waals surface area contributed by atoms with Gasteiger partial charge in [-0.15, -0.1) is 0 Å². The van der Waals surface area contributed by atoms with Crippen molar-refractivity contribution in [3.05, 3.63) is 29.3 Å². The highest BCUT2D eigenvalue weighted by molar-refractivity contribution is 5.95. The number of benzene rings is 1. The third-order valence-corrected chi connectivity index (χ3v) is 2.41. The fraction of sp³-hybridized carbons (Fsp3) is 0.375. The van der Waals surface area contributed by atoms with E-state index in [0.29, 0.717) is 18.5 Å². The molecule has 0 bridgehead atoms. The normalized spacial score (nSPS) is 10.3. The van der Waals surface area contributed by atoms with Crippen LogP contribution in [0.3, 0.4) is 0 Å². The number of nitrogens with two attached hydrogens (primary N) is 1. The van der Waals surface area contributed by atoms with Gasteiger partial charge < -0.3 is 20.9 Å². The molecule has 0 radical (unpaired) electrons. The molecule has 0 atom stereocenters. The Balaban J connectivity index is 2.50. The van der Waals surface area contributed by atoms with Gasteiger partial charge in [0.25, 0.3) is 5.91 Å². The molecule has 0 aromatic heterocycles. The Labute approximate surface area is 129 Å². The van der Waals surface area contributed by atoms with Crippen molar-refractivity contribution in [2.24, 2.45) is 5.73 Å². The van der Waals surface area contributed by atoms with E-state index in [1.54, 1.807) is 26.8 Å². The van der Waals surface area contributed by atoms with E-state index in [1.807, 2.05) is 0 Å². The van der Waals surface area contributed by atoms with Crippen molar-refractivity contribution in [2.75, 3.05) is 6.54 Å². The summed E-state index contributed by atoms with van der Waals surface area (Å²) < 4.78 is 5.08. The van der Waals surface area contributed by atoms with Crippen molar-refractivity contribution in [3.8, 4) is 17.6 Å². The average Bonchev–Trinajstić information content (AvgIpc) is 2.37. The maximum absolute atomic E-state index is 11.4. The first-order valence-electron chi connectivity index (χ1n) is 6.77. The molecule has 0 saturated carbocycles. The maximum atomic E-state index is 11.4. The fourth-order valence-corrected chi connectivity index (χ4v) is 1.52. The molecule has 0 unspecified atom stereocenters. The zero-order chi connectivity index (χ0) is 16.8. The van der Waals surface area contributed by atoms with Crippen LogP contribution in [0.1, 0.15) is 43.1 Å². The molecule has 6 nitrogen and oxygen atoms in total. The third kappa shape index (κ3) is 6.18. The summed E-state index contributed by atoms with van der Waals surface area (Å²) in [5.41, 5.74) is 5.19. The number of carbonyl (C=O) groups excluding carboxylic acids is 2. The van der Waals surface area contributed by atoms with Crippen LogP contribution in [0.2, 0.25) is 0 Å². The van der Waals surface area contributed by atoms with Crippen molar-refractivity contribution in [1.82, 2.24) is 5.32 Å².